The van der Waals surface area contributed by atoms with Crippen molar-refractivity contribution in [3.05, 3.63) is 53.9 Å². The van der Waals surface area contributed by atoms with Crippen LogP contribution in [0.25, 0.3) is 11.1 Å². The maximum Gasteiger partial charge on any atom is 0.340 e. The molecule has 19 heavy (non-hydrogen) atoms. The summed E-state index contributed by atoms with van der Waals surface area (Å²) in [5.74, 6) is -0.353. The summed E-state index contributed by atoms with van der Waals surface area (Å²) in [6.45, 7) is 2.63. The minimum absolute atomic E-state index is 0.347. The Bertz CT molecular complexity index is 565. The number of pyridine rings is 1. The van der Waals surface area contributed by atoms with Crippen molar-refractivity contribution in [1.29, 1.82) is 0 Å². The number of carbonyl (C=O) groups is 1. The summed E-state index contributed by atoms with van der Waals surface area (Å²) in [7, 11) is 0. The first-order valence-corrected chi connectivity index (χ1v) is 6.16. The van der Waals surface area contributed by atoms with Crippen molar-refractivity contribution < 1.29 is 9.53 Å². The molecule has 4 nitrogen and oxygen atoms in total. The molecule has 0 radical (unpaired) electrons. The highest BCUT2D eigenvalue weighted by atomic mass is 16.5. The zero-order chi connectivity index (χ0) is 13.7. The van der Waals surface area contributed by atoms with Gasteiger partial charge in [-0.15, -0.1) is 0 Å². The quantitative estimate of drug-likeness (QED) is 0.853. The third kappa shape index (κ3) is 2.98. The first kappa shape index (κ1) is 13.2. The summed E-state index contributed by atoms with van der Waals surface area (Å²) < 4.78 is 5.04. The van der Waals surface area contributed by atoms with Gasteiger partial charge in [0.2, 0.25) is 0 Å². The van der Waals surface area contributed by atoms with Crippen LogP contribution in [-0.2, 0) is 11.3 Å². The summed E-state index contributed by atoms with van der Waals surface area (Å²) in [5.41, 5.74) is 8.86. The lowest BCUT2D eigenvalue weighted by Gasteiger charge is -2.08. The van der Waals surface area contributed by atoms with E-state index < -0.39 is 0 Å². The van der Waals surface area contributed by atoms with E-state index in [1.165, 1.54) is 6.20 Å². The number of aromatic nitrogens is 1. The third-order valence-electron chi connectivity index (χ3n) is 2.82. The SMILES string of the molecule is CCOC(=O)c1cnccc1-c1ccc(CN)cc1. The normalized spacial score (nSPS) is 10.2. The van der Waals surface area contributed by atoms with E-state index in [0.29, 0.717) is 18.7 Å². The molecule has 1 heterocycles. The van der Waals surface area contributed by atoms with Crippen LogP contribution in [0.4, 0.5) is 0 Å². The van der Waals surface area contributed by atoms with Gasteiger partial charge in [0.05, 0.1) is 12.2 Å². The van der Waals surface area contributed by atoms with E-state index in [0.717, 1.165) is 16.7 Å². The standard InChI is InChI=1S/C15H16N2O2/c1-2-19-15(18)14-10-17-8-7-13(14)12-5-3-11(9-16)4-6-12/h3-8,10H,2,9,16H2,1H3. The summed E-state index contributed by atoms with van der Waals surface area (Å²) in [6, 6.07) is 9.60. The van der Waals surface area contributed by atoms with Gasteiger partial charge in [0.25, 0.3) is 0 Å². The molecule has 0 amide bonds. The second-order valence-electron chi connectivity index (χ2n) is 4.04. The molecule has 2 rings (SSSR count). The lowest BCUT2D eigenvalue weighted by atomic mass is 10.0. The summed E-state index contributed by atoms with van der Waals surface area (Å²) in [5, 5.41) is 0. The van der Waals surface area contributed by atoms with Crippen LogP contribution in [0.1, 0.15) is 22.8 Å². The molecule has 0 aliphatic heterocycles. The van der Waals surface area contributed by atoms with Crippen molar-refractivity contribution in [1.82, 2.24) is 4.98 Å². The second kappa shape index (κ2) is 6.11. The van der Waals surface area contributed by atoms with Gasteiger partial charge in [-0.3, -0.25) is 4.98 Å². The highest BCUT2D eigenvalue weighted by Gasteiger charge is 2.13. The number of ether oxygens (including phenoxy) is 1. The van der Waals surface area contributed by atoms with Crippen LogP contribution in [0.5, 0.6) is 0 Å². The van der Waals surface area contributed by atoms with E-state index in [1.54, 1.807) is 13.1 Å². The van der Waals surface area contributed by atoms with Crippen LogP contribution in [0.3, 0.4) is 0 Å². The molecule has 0 saturated heterocycles. The number of carbonyl (C=O) groups excluding carboxylic acids is 1. The lowest BCUT2D eigenvalue weighted by Crippen LogP contribution is -2.07. The Morgan fingerprint density at radius 1 is 1.26 bits per heavy atom. The van der Waals surface area contributed by atoms with E-state index >= 15 is 0 Å². The predicted octanol–water partition coefficient (Wildman–Crippen LogP) is 2.38. The van der Waals surface area contributed by atoms with Gasteiger partial charge in [0, 0.05) is 18.9 Å². The molecule has 0 aliphatic rings. The molecule has 1 aromatic heterocycles. The Labute approximate surface area is 112 Å². The zero-order valence-corrected chi connectivity index (χ0v) is 10.8. The monoisotopic (exact) mass is 256 g/mol. The Hall–Kier alpha value is -2.20. The number of esters is 1. The highest BCUT2D eigenvalue weighted by molar-refractivity contribution is 5.96. The molecule has 1 aromatic carbocycles. The molecular formula is C15H16N2O2. The molecule has 0 spiro atoms. The first-order valence-electron chi connectivity index (χ1n) is 6.16. The van der Waals surface area contributed by atoms with Gasteiger partial charge in [-0.1, -0.05) is 24.3 Å². The van der Waals surface area contributed by atoms with Crippen molar-refractivity contribution in [3.63, 3.8) is 0 Å². The number of benzene rings is 1. The number of hydrogen-bond acceptors (Lipinski definition) is 4. The predicted molar refractivity (Wildman–Crippen MR) is 73.5 cm³/mol. The smallest absolute Gasteiger partial charge is 0.340 e. The van der Waals surface area contributed by atoms with E-state index in [1.807, 2.05) is 30.3 Å². The molecule has 2 N–H and O–H groups in total. The maximum absolute atomic E-state index is 11.9. The van der Waals surface area contributed by atoms with Gasteiger partial charge in [-0.2, -0.15) is 0 Å². The average molecular weight is 256 g/mol. The van der Waals surface area contributed by atoms with Crippen molar-refractivity contribution in [2.45, 2.75) is 13.5 Å². The summed E-state index contributed by atoms with van der Waals surface area (Å²) in [4.78, 5) is 15.9. The maximum atomic E-state index is 11.9. The van der Waals surface area contributed by atoms with Crippen molar-refractivity contribution in [2.24, 2.45) is 5.73 Å². The van der Waals surface area contributed by atoms with E-state index in [4.69, 9.17) is 10.5 Å². The van der Waals surface area contributed by atoms with Gasteiger partial charge in [-0.25, -0.2) is 4.79 Å². The lowest BCUT2D eigenvalue weighted by molar-refractivity contribution is 0.0527. The average Bonchev–Trinajstić information content (AvgIpc) is 2.47. The van der Waals surface area contributed by atoms with Gasteiger partial charge in [0.15, 0.2) is 0 Å². The first-order chi connectivity index (χ1) is 9.26. The van der Waals surface area contributed by atoms with Crippen LogP contribution in [0, 0.1) is 0 Å². The van der Waals surface area contributed by atoms with Crippen LogP contribution >= 0.6 is 0 Å². The molecule has 2 aromatic rings. The minimum Gasteiger partial charge on any atom is -0.462 e. The molecule has 0 bridgehead atoms. The van der Waals surface area contributed by atoms with E-state index in [9.17, 15) is 4.79 Å². The second-order valence-corrected chi connectivity index (χ2v) is 4.04. The number of nitrogens with zero attached hydrogens (tertiary/aromatic N) is 1. The van der Waals surface area contributed by atoms with Crippen molar-refractivity contribution in [3.8, 4) is 11.1 Å². The molecule has 98 valence electrons. The molecule has 4 heteroatoms. The molecule has 0 atom stereocenters. The van der Waals surface area contributed by atoms with Gasteiger partial charge >= 0.3 is 5.97 Å². The highest BCUT2D eigenvalue weighted by Crippen LogP contribution is 2.24. The fourth-order valence-electron chi connectivity index (χ4n) is 1.84. The van der Waals surface area contributed by atoms with E-state index in [2.05, 4.69) is 4.98 Å². The molecule has 0 saturated carbocycles. The summed E-state index contributed by atoms with van der Waals surface area (Å²) >= 11 is 0. The van der Waals surface area contributed by atoms with Crippen LogP contribution < -0.4 is 5.73 Å². The fourth-order valence-corrected chi connectivity index (χ4v) is 1.84. The van der Waals surface area contributed by atoms with Gasteiger partial charge in [-0.05, 0) is 29.7 Å². The molecule has 0 unspecified atom stereocenters. The van der Waals surface area contributed by atoms with Crippen LogP contribution in [0.15, 0.2) is 42.7 Å². The number of rotatable bonds is 4. The number of hydrogen-bond donors (Lipinski definition) is 1. The van der Waals surface area contributed by atoms with Crippen molar-refractivity contribution >= 4 is 5.97 Å². The molecular weight excluding hydrogens is 240 g/mol. The Morgan fingerprint density at radius 2 is 2.00 bits per heavy atom. The molecule has 0 aliphatic carbocycles. The van der Waals surface area contributed by atoms with Gasteiger partial charge in [0.1, 0.15) is 0 Å². The van der Waals surface area contributed by atoms with Crippen LogP contribution in [-0.4, -0.2) is 17.6 Å². The Kier molecular flexibility index (Phi) is 4.26. The number of nitrogens with two attached hydrogens (primary N) is 1. The zero-order valence-electron chi connectivity index (χ0n) is 10.8. The molecule has 0 fully saturated rings. The van der Waals surface area contributed by atoms with E-state index in [-0.39, 0.29) is 5.97 Å². The third-order valence-corrected chi connectivity index (χ3v) is 2.82. The Balaban J connectivity index is 2.40. The van der Waals surface area contributed by atoms with Crippen LogP contribution in [0.2, 0.25) is 0 Å². The minimum atomic E-state index is -0.353. The topological polar surface area (TPSA) is 65.2 Å². The van der Waals surface area contributed by atoms with Crippen molar-refractivity contribution in [2.75, 3.05) is 6.61 Å². The summed E-state index contributed by atoms with van der Waals surface area (Å²) in [6.07, 6.45) is 3.19. The Morgan fingerprint density at radius 3 is 2.63 bits per heavy atom. The largest absolute Gasteiger partial charge is 0.462 e. The fraction of sp³-hybridized carbons (Fsp3) is 0.200. The van der Waals surface area contributed by atoms with Gasteiger partial charge < -0.3 is 10.5 Å².